The number of nitrogens with zero attached hydrogens (tertiary/aromatic N) is 2. The van der Waals surface area contributed by atoms with Crippen LogP contribution >= 0.6 is 9.12 Å². The topological polar surface area (TPSA) is 6.48 Å². The molecule has 0 spiro atoms. The lowest BCUT2D eigenvalue weighted by Crippen LogP contribution is -2.41. The smallest absolute Gasteiger partial charge is 0.390 e. The minimum absolute atomic E-state index is 0.264. The zero-order valence-corrected chi connectivity index (χ0v) is 21.4. The second-order valence-electron chi connectivity index (χ2n) is 9.99. The Morgan fingerprint density at radius 2 is 0.867 bits per heavy atom. The normalized spacial score (nSPS) is 14.9. The first-order chi connectivity index (χ1) is 14.1. The molecule has 1 fully saturated rings. The maximum atomic E-state index is 3.17. The van der Waals surface area contributed by atoms with Crippen molar-refractivity contribution in [2.24, 2.45) is 0 Å². The molecule has 0 saturated carbocycles. The molecule has 1 unspecified atom stereocenters. The van der Waals surface area contributed by atoms with E-state index >= 15 is 0 Å². The van der Waals surface area contributed by atoms with Gasteiger partial charge in [-0.05, 0) is 45.9 Å². The summed E-state index contributed by atoms with van der Waals surface area (Å²) in [4.78, 5) is 5.27. The van der Waals surface area contributed by atoms with E-state index in [1.165, 1.54) is 33.6 Å². The molecule has 0 amide bonds. The molecule has 2 aromatic rings. The van der Waals surface area contributed by atoms with E-state index in [1.807, 2.05) is 0 Å². The molecule has 0 radical (unpaired) electrons. The fourth-order valence-electron chi connectivity index (χ4n) is 4.82. The van der Waals surface area contributed by atoms with Crippen LogP contribution in [0.25, 0.3) is 0 Å². The van der Waals surface area contributed by atoms with Crippen LogP contribution in [0.2, 0.25) is 0 Å². The van der Waals surface area contributed by atoms with Crippen LogP contribution in [0.3, 0.4) is 0 Å². The lowest BCUT2D eigenvalue weighted by Gasteiger charge is -2.34. The molecule has 0 aromatic heterocycles. The first-order valence-corrected chi connectivity index (χ1v) is 12.4. The van der Waals surface area contributed by atoms with Crippen molar-refractivity contribution in [2.45, 2.75) is 79.1 Å². The van der Waals surface area contributed by atoms with Crippen LogP contribution in [-0.4, -0.2) is 19.8 Å². The maximum absolute atomic E-state index is 3.17. The first-order valence-electron chi connectivity index (χ1n) is 11.7. The highest BCUT2D eigenvalue weighted by Crippen LogP contribution is 2.42. The molecular weight excluding hydrogens is 382 g/mol. The van der Waals surface area contributed by atoms with E-state index in [9.17, 15) is 0 Å². The molecule has 1 heterocycles. The lowest BCUT2D eigenvalue weighted by atomic mass is 9.87. The molecule has 2 aromatic carbocycles. The summed E-state index contributed by atoms with van der Waals surface area (Å²) in [6.07, 6.45) is 0. The van der Waals surface area contributed by atoms with Crippen molar-refractivity contribution in [3.8, 4) is 0 Å². The van der Waals surface area contributed by atoms with Crippen LogP contribution in [0.15, 0.2) is 36.4 Å². The summed E-state index contributed by atoms with van der Waals surface area (Å²) in [5.41, 5.74) is 8.79. The van der Waals surface area contributed by atoms with Crippen molar-refractivity contribution in [2.75, 3.05) is 22.7 Å². The van der Waals surface area contributed by atoms with Crippen molar-refractivity contribution in [1.29, 1.82) is 0 Å². The molecule has 0 bridgehead atoms. The Morgan fingerprint density at radius 1 is 0.600 bits per heavy atom. The van der Waals surface area contributed by atoms with Crippen LogP contribution in [0, 0.1) is 0 Å². The second kappa shape index (κ2) is 9.35. The molecule has 0 N–H and O–H groups in total. The molecule has 1 aliphatic heterocycles. The summed E-state index contributed by atoms with van der Waals surface area (Å²) in [5, 5.41) is 0. The third-order valence-electron chi connectivity index (χ3n) is 6.48. The Balaban J connectivity index is 2.11. The number of para-hydroxylation sites is 2. The van der Waals surface area contributed by atoms with E-state index < -0.39 is 0 Å². The molecule has 1 aliphatic rings. The average molecular weight is 422 g/mol. The highest BCUT2D eigenvalue weighted by molar-refractivity contribution is 7.63. The van der Waals surface area contributed by atoms with Crippen LogP contribution in [-0.2, 0) is 0 Å². The third-order valence-corrected chi connectivity index (χ3v) is 7.20. The number of hydrogen-bond acceptors (Lipinski definition) is 2. The fraction of sp³-hybridized carbons (Fsp3) is 0.538. The molecule has 2 nitrogen and oxygen atoms in total. The summed E-state index contributed by atoms with van der Waals surface area (Å²) in [7, 11) is 3.17. The van der Waals surface area contributed by atoms with Gasteiger partial charge in [0.1, 0.15) is 0 Å². The van der Waals surface area contributed by atoms with Gasteiger partial charge in [-0.1, -0.05) is 91.8 Å². The molecule has 3 rings (SSSR count). The Hall–Kier alpha value is -1.47. The van der Waals surface area contributed by atoms with E-state index in [0.717, 1.165) is 13.1 Å². The van der Waals surface area contributed by atoms with Crippen LogP contribution in [0.1, 0.15) is 101 Å². The van der Waals surface area contributed by atoms with Gasteiger partial charge < -0.3 is 9.62 Å². The van der Waals surface area contributed by atoms with Gasteiger partial charge in [-0.15, -0.1) is 9.12 Å². The Labute approximate surface area is 187 Å². The highest BCUT2D eigenvalue weighted by atomic mass is 31.0. The predicted molar refractivity (Wildman–Crippen MR) is 139 cm³/mol. The van der Waals surface area contributed by atoms with E-state index in [-0.39, 0.29) is 6.70 Å². The van der Waals surface area contributed by atoms with Crippen molar-refractivity contribution in [3.63, 3.8) is 0 Å². The standard InChI is InChI=1S/C26H40BN2P/c1-17(2)21-11-9-12-22(18(3)4)25(21)28-15-16-29(27(28)30)26-23(19(5)6)13-10-14-24(26)20(7)8/h9-14,17-20H,15-16,30H2,1-8H3. The minimum atomic E-state index is 0.264. The Morgan fingerprint density at radius 3 is 1.10 bits per heavy atom. The summed E-state index contributed by atoms with van der Waals surface area (Å²) in [6.45, 7) is 20.9. The Bertz CT molecular complexity index is 751. The van der Waals surface area contributed by atoms with Crippen LogP contribution < -0.4 is 9.62 Å². The van der Waals surface area contributed by atoms with Crippen molar-refractivity contribution < 1.29 is 0 Å². The molecule has 1 atom stereocenters. The highest BCUT2D eigenvalue weighted by Gasteiger charge is 2.38. The molecular formula is C26H40BN2P. The van der Waals surface area contributed by atoms with Gasteiger partial charge in [0.25, 0.3) is 0 Å². The van der Waals surface area contributed by atoms with Crippen molar-refractivity contribution in [3.05, 3.63) is 58.7 Å². The minimum Gasteiger partial charge on any atom is -0.390 e. The zero-order valence-electron chi connectivity index (χ0n) is 20.2. The van der Waals surface area contributed by atoms with Gasteiger partial charge in [0, 0.05) is 24.5 Å². The van der Waals surface area contributed by atoms with Crippen LogP contribution in [0.4, 0.5) is 11.4 Å². The number of benzene rings is 2. The molecule has 1 saturated heterocycles. The Kier molecular flexibility index (Phi) is 7.23. The van der Waals surface area contributed by atoms with E-state index in [4.69, 9.17) is 0 Å². The summed E-state index contributed by atoms with van der Waals surface area (Å²) in [6, 6.07) is 13.8. The van der Waals surface area contributed by atoms with Gasteiger partial charge in [-0.2, -0.15) is 0 Å². The molecule has 4 heteroatoms. The molecule has 0 aliphatic carbocycles. The number of hydrogen-bond donors (Lipinski definition) is 0. The predicted octanol–water partition coefficient (Wildman–Crippen LogP) is 7.37. The van der Waals surface area contributed by atoms with Crippen LogP contribution in [0.5, 0.6) is 0 Å². The number of rotatable bonds is 6. The summed E-state index contributed by atoms with van der Waals surface area (Å²) >= 11 is 0. The maximum Gasteiger partial charge on any atom is 0.397 e. The van der Waals surface area contributed by atoms with E-state index in [2.05, 4.69) is 111 Å². The molecule has 162 valence electrons. The first kappa shape index (κ1) is 23.2. The lowest BCUT2D eigenvalue weighted by molar-refractivity contribution is 0.821. The second-order valence-corrected chi connectivity index (χ2v) is 10.6. The zero-order chi connectivity index (χ0) is 22.2. The quantitative estimate of drug-likeness (QED) is 0.354. The SMILES string of the molecule is CC(C)c1cccc(C(C)C)c1N1CCN(c2c(C(C)C)cccc2C(C)C)B1P. The van der Waals surface area contributed by atoms with Gasteiger partial charge in [0.15, 0.2) is 0 Å². The summed E-state index contributed by atoms with van der Waals surface area (Å²) < 4.78 is 0. The van der Waals surface area contributed by atoms with Gasteiger partial charge in [-0.25, -0.2) is 0 Å². The number of anilines is 2. The van der Waals surface area contributed by atoms with Crippen molar-refractivity contribution in [1.82, 2.24) is 0 Å². The van der Waals surface area contributed by atoms with Crippen molar-refractivity contribution >= 4 is 27.2 Å². The van der Waals surface area contributed by atoms with Gasteiger partial charge in [0.2, 0.25) is 0 Å². The monoisotopic (exact) mass is 422 g/mol. The molecule has 30 heavy (non-hydrogen) atoms. The van der Waals surface area contributed by atoms with Gasteiger partial charge in [-0.3, -0.25) is 0 Å². The third kappa shape index (κ3) is 4.29. The summed E-state index contributed by atoms with van der Waals surface area (Å²) in [5.74, 6) is 2.05. The fourth-order valence-corrected chi connectivity index (χ4v) is 5.42. The van der Waals surface area contributed by atoms with Gasteiger partial charge >= 0.3 is 6.70 Å². The average Bonchev–Trinajstić information content (AvgIpc) is 3.07. The largest absolute Gasteiger partial charge is 0.397 e. The van der Waals surface area contributed by atoms with Gasteiger partial charge in [0.05, 0.1) is 0 Å². The van der Waals surface area contributed by atoms with E-state index in [1.54, 1.807) is 0 Å². The van der Waals surface area contributed by atoms with E-state index in [0.29, 0.717) is 23.7 Å².